The van der Waals surface area contributed by atoms with Crippen LogP contribution < -0.4 is 0 Å². The molecule has 0 amide bonds. The van der Waals surface area contributed by atoms with E-state index in [1.165, 1.54) is 19.3 Å². The van der Waals surface area contributed by atoms with Crippen molar-refractivity contribution in [2.75, 3.05) is 0 Å². The Morgan fingerprint density at radius 2 is 2.41 bits per heavy atom. The molecule has 0 bridgehead atoms. The lowest BCUT2D eigenvalue weighted by Crippen LogP contribution is -1.88. The molecule has 1 N–H and O–H groups in total. The van der Waals surface area contributed by atoms with Gasteiger partial charge in [-0.05, 0) is 18.7 Å². The van der Waals surface area contributed by atoms with Crippen LogP contribution in [0.25, 0.3) is 0 Å². The Bertz CT molecular complexity index is 563. The number of ketones is 1. The van der Waals surface area contributed by atoms with Crippen LogP contribution in [-0.4, -0.2) is 25.9 Å². The summed E-state index contributed by atoms with van der Waals surface area (Å²) < 4.78 is 0.414. The van der Waals surface area contributed by atoms with E-state index < -0.39 is 4.92 Å². The van der Waals surface area contributed by atoms with E-state index in [4.69, 9.17) is 0 Å². The van der Waals surface area contributed by atoms with Crippen LogP contribution in [-0.2, 0) is 0 Å². The number of aromatic amines is 1. The van der Waals surface area contributed by atoms with Crippen molar-refractivity contribution >= 4 is 34.6 Å². The molecule has 0 unspecified atom stereocenters. The summed E-state index contributed by atoms with van der Waals surface area (Å²) in [6.07, 6.45) is 1.31. The molecular formula is C8H6N4O3S2. The highest BCUT2D eigenvalue weighted by molar-refractivity contribution is 8.01. The molecule has 0 aromatic carbocycles. The minimum Gasteiger partial charge on any atom is -0.294 e. The number of carbonyl (C=O) groups is 1. The number of Topliss-reactive ketones (excluding diaryl/α,β-unsaturated/α-hetero) is 1. The van der Waals surface area contributed by atoms with E-state index >= 15 is 0 Å². The number of H-pyrrole nitrogens is 1. The van der Waals surface area contributed by atoms with E-state index in [1.54, 1.807) is 0 Å². The fourth-order valence-corrected chi connectivity index (χ4v) is 3.11. The van der Waals surface area contributed by atoms with Gasteiger partial charge in [0.25, 0.3) is 5.69 Å². The predicted octanol–water partition coefficient (Wildman–Crippen LogP) is 2.13. The molecule has 0 saturated carbocycles. The Kier molecular flexibility index (Phi) is 3.20. The van der Waals surface area contributed by atoms with Crippen molar-refractivity contribution in [1.82, 2.24) is 15.2 Å². The van der Waals surface area contributed by atoms with E-state index in [9.17, 15) is 14.9 Å². The number of carbonyl (C=O) groups excluding carboxylic acids is 1. The molecule has 0 aliphatic carbocycles. The first-order valence-corrected chi connectivity index (χ1v) is 6.03. The third-order valence-corrected chi connectivity index (χ3v) is 4.11. The maximum atomic E-state index is 11.2. The molecule has 0 atom stereocenters. The van der Waals surface area contributed by atoms with Crippen molar-refractivity contribution in [2.24, 2.45) is 0 Å². The van der Waals surface area contributed by atoms with Gasteiger partial charge in [0.15, 0.2) is 10.9 Å². The van der Waals surface area contributed by atoms with Gasteiger partial charge in [0.1, 0.15) is 10.5 Å². The predicted molar refractivity (Wildman–Crippen MR) is 61.5 cm³/mol. The zero-order valence-electron chi connectivity index (χ0n) is 8.54. The van der Waals surface area contributed by atoms with Crippen LogP contribution >= 0.6 is 23.1 Å². The molecule has 2 rings (SSSR count). The summed E-state index contributed by atoms with van der Waals surface area (Å²) in [5.41, 5.74) is -0.0819. The molecule has 0 spiro atoms. The SMILES string of the molecule is CC(=O)c1cc([N+](=O)[O-])c(Sc2ncn[nH]2)s1. The van der Waals surface area contributed by atoms with E-state index in [0.717, 1.165) is 23.1 Å². The molecule has 7 nitrogen and oxygen atoms in total. The first-order chi connectivity index (χ1) is 8.08. The second-order valence-electron chi connectivity index (χ2n) is 2.99. The van der Waals surface area contributed by atoms with E-state index in [2.05, 4.69) is 15.2 Å². The lowest BCUT2D eigenvalue weighted by molar-refractivity contribution is -0.387. The van der Waals surface area contributed by atoms with Gasteiger partial charge in [-0.25, -0.2) is 4.98 Å². The molecule has 88 valence electrons. The van der Waals surface area contributed by atoms with Crippen molar-refractivity contribution in [2.45, 2.75) is 16.3 Å². The number of hydrogen-bond donors (Lipinski definition) is 1. The summed E-state index contributed by atoms with van der Waals surface area (Å²) in [5.74, 6) is -0.192. The molecule has 17 heavy (non-hydrogen) atoms. The first-order valence-electron chi connectivity index (χ1n) is 4.40. The van der Waals surface area contributed by atoms with Crippen LogP contribution in [0.2, 0.25) is 0 Å². The van der Waals surface area contributed by atoms with E-state index in [1.807, 2.05) is 0 Å². The Morgan fingerprint density at radius 1 is 1.65 bits per heavy atom. The largest absolute Gasteiger partial charge is 0.294 e. The second-order valence-corrected chi connectivity index (χ2v) is 5.30. The lowest BCUT2D eigenvalue weighted by atomic mass is 10.3. The van der Waals surface area contributed by atoms with Crippen LogP contribution in [0, 0.1) is 10.1 Å². The molecule has 2 heterocycles. The van der Waals surface area contributed by atoms with Gasteiger partial charge in [-0.1, -0.05) is 0 Å². The number of hydrogen-bond acceptors (Lipinski definition) is 7. The fourth-order valence-electron chi connectivity index (χ4n) is 1.07. The van der Waals surface area contributed by atoms with Gasteiger partial charge in [0, 0.05) is 6.07 Å². The molecule has 2 aromatic heterocycles. The summed E-state index contributed by atoms with van der Waals surface area (Å²) in [6, 6.07) is 1.28. The maximum absolute atomic E-state index is 11.2. The van der Waals surface area contributed by atoms with Gasteiger partial charge in [0.2, 0.25) is 0 Å². The number of thiophene rings is 1. The molecule has 2 aromatic rings. The van der Waals surface area contributed by atoms with Crippen molar-refractivity contribution < 1.29 is 9.72 Å². The number of nitrogens with zero attached hydrogens (tertiary/aromatic N) is 3. The third kappa shape index (κ3) is 2.50. The Balaban J connectivity index is 2.37. The summed E-state index contributed by atoms with van der Waals surface area (Å²) in [6.45, 7) is 1.37. The fraction of sp³-hybridized carbons (Fsp3) is 0.125. The highest BCUT2D eigenvalue weighted by atomic mass is 32.2. The third-order valence-electron chi connectivity index (χ3n) is 1.81. The smallest absolute Gasteiger partial charge is 0.294 e. The molecular weight excluding hydrogens is 264 g/mol. The molecule has 9 heteroatoms. The molecule has 0 aliphatic rings. The molecule has 0 fully saturated rings. The van der Waals surface area contributed by atoms with Crippen LogP contribution in [0.3, 0.4) is 0 Å². The van der Waals surface area contributed by atoms with Crippen molar-refractivity contribution in [3.63, 3.8) is 0 Å². The normalized spacial score (nSPS) is 10.4. The second kappa shape index (κ2) is 4.63. The lowest BCUT2D eigenvalue weighted by Gasteiger charge is -1.91. The standard InChI is InChI=1S/C8H6N4O3S2/c1-4(13)6-2-5(12(14)15)7(16-6)17-8-9-3-10-11-8/h2-3H,1H3,(H,9,10,11). The average Bonchev–Trinajstić information content (AvgIpc) is 2.87. The van der Waals surface area contributed by atoms with Crippen molar-refractivity contribution in [3.05, 3.63) is 27.4 Å². The van der Waals surface area contributed by atoms with Crippen molar-refractivity contribution in [3.8, 4) is 0 Å². The van der Waals surface area contributed by atoms with Gasteiger partial charge in [0.05, 0.1) is 9.80 Å². The molecule has 0 saturated heterocycles. The average molecular weight is 270 g/mol. The van der Waals surface area contributed by atoms with Crippen LogP contribution in [0.1, 0.15) is 16.6 Å². The first kappa shape index (κ1) is 11.7. The number of aromatic nitrogens is 3. The zero-order chi connectivity index (χ0) is 12.4. The van der Waals surface area contributed by atoms with E-state index in [-0.39, 0.29) is 11.5 Å². The Hall–Kier alpha value is -1.74. The zero-order valence-corrected chi connectivity index (χ0v) is 10.2. The maximum Gasteiger partial charge on any atom is 0.294 e. The minimum absolute atomic E-state index is 0.0819. The van der Waals surface area contributed by atoms with E-state index in [0.29, 0.717) is 14.2 Å². The quantitative estimate of drug-likeness (QED) is 0.518. The summed E-state index contributed by atoms with van der Waals surface area (Å²) >= 11 is 2.16. The Labute approximate surface area is 103 Å². The highest BCUT2D eigenvalue weighted by Gasteiger charge is 2.22. The van der Waals surface area contributed by atoms with Crippen molar-refractivity contribution in [1.29, 1.82) is 0 Å². The van der Waals surface area contributed by atoms with Crippen LogP contribution in [0.15, 0.2) is 21.8 Å². The Morgan fingerprint density at radius 3 is 2.94 bits per heavy atom. The minimum atomic E-state index is -0.512. The highest BCUT2D eigenvalue weighted by Crippen LogP contribution is 2.40. The van der Waals surface area contributed by atoms with Gasteiger partial charge in [-0.2, -0.15) is 5.10 Å². The number of rotatable bonds is 4. The molecule has 0 aliphatic heterocycles. The molecule has 0 radical (unpaired) electrons. The summed E-state index contributed by atoms with van der Waals surface area (Å²) in [7, 11) is 0. The topological polar surface area (TPSA) is 102 Å². The van der Waals surface area contributed by atoms with Gasteiger partial charge < -0.3 is 0 Å². The van der Waals surface area contributed by atoms with Gasteiger partial charge >= 0.3 is 0 Å². The monoisotopic (exact) mass is 270 g/mol. The number of nitrogens with one attached hydrogen (secondary N) is 1. The number of nitro groups is 1. The summed E-state index contributed by atoms with van der Waals surface area (Å²) in [4.78, 5) is 25.7. The summed E-state index contributed by atoms with van der Waals surface area (Å²) in [5, 5.41) is 17.5. The van der Waals surface area contributed by atoms with Gasteiger partial charge in [-0.3, -0.25) is 20.0 Å². The van der Waals surface area contributed by atoms with Crippen LogP contribution in [0.5, 0.6) is 0 Å². The van der Waals surface area contributed by atoms with Gasteiger partial charge in [-0.15, -0.1) is 11.3 Å². The van der Waals surface area contributed by atoms with Crippen LogP contribution in [0.4, 0.5) is 5.69 Å².